The van der Waals surface area contributed by atoms with E-state index in [1.807, 2.05) is 31.2 Å². The Bertz CT molecular complexity index is 313. The number of carboxylic acid groups (broad SMARTS) is 1. The summed E-state index contributed by atoms with van der Waals surface area (Å²) in [5.41, 5.74) is 2.02. The van der Waals surface area contributed by atoms with Gasteiger partial charge in [-0.1, -0.05) is 24.3 Å². The molecule has 1 rings (SSSR count). The van der Waals surface area contributed by atoms with Crippen LogP contribution in [0.5, 0.6) is 0 Å². The zero-order valence-electron chi connectivity index (χ0n) is 6.82. The molecule has 12 heavy (non-hydrogen) atoms. The van der Waals surface area contributed by atoms with E-state index in [0.717, 1.165) is 17.2 Å². The number of hydrogen-bond donors (Lipinski definition) is 1. The minimum atomic E-state index is -0.918. The third-order valence-electron chi connectivity index (χ3n) is 1.59. The largest absolute Gasteiger partial charge is 0.478 e. The summed E-state index contributed by atoms with van der Waals surface area (Å²) in [6, 6.07) is 7.64. The maximum atomic E-state index is 10.2. The molecule has 1 N–H and O–H groups in total. The average molecular weight is 162 g/mol. The predicted molar refractivity (Wildman–Crippen MR) is 47.8 cm³/mol. The molecule has 0 unspecified atom stereocenters. The molecule has 0 saturated heterocycles. The molecule has 2 heteroatoms. The van der Waals surface area contributed by atoms with Crippen molar-refractivity contribution in [3.8, 4) is 0 Å². The molecule has 0 bridgehead atoms. The number of aryl methyl sites for hydroxylation is 1. The number of carbonyl (C=O) groups is 1. The van der Waals surface area contributed by atoms with E-state index < -0.39 is 5.97 Å². The number of benzene rings is 1. The second-order valence-corrected chi connectivity index (χ2v) is 2.53. The van der Waals surface area contributed by atoms with Crippen LogP contribution < -0.4 is 0 Å². The lowest BCUT2D eigenvalue weighted by molar-refractivity contribution is -0.131. The maximum Gasteiger partial charge on any atom is 0.328 e. The van der Waals surface area contributed by atoms with Gasteiger partial charge >= 0.3 is 5.97 Å². The minimum Gasteiger partial charge on any atom is -0.478 e. The highest BCUT2D eigenvalue weighted by atomic mass is 16.4. The van der Waals surface area contributed by atoms with Crippen LogP contribution in [0.15, 0.2) is 30.3 Å². The molecule has 0 heterocycles. The van der Waals surface area contributed by atoms with Gasteiger partial charge in [-0.05, 0) is 24.1 Å². The van der Waals surface area contributed by atoms with Crippen LogP contribution in [0.2, 0.25) is 0 Å². The Balaban J connectivity index is 2.89. The molecule has 0 radical (unpaired) electrons. The molecule has 0 aliphatic heterocycles. The normalized spacial score (nSPS) is 10.4. The SMILES string of the molecule is Cc1ccccc1C=CC(=O)O. The Morgan fingerprint density at radius 3 is 2.67 bits per heavy atom. The van der Waals surface area contributed by atoms with Crippen LogP contribution in [0.25, 0.3) is 6.08 Å². The van der Waals surface area contributed by atoms with E-state index in [2.05, 4.69) is 0 Å². The van der Waals surface area contributed by atoms with Crippen LogP contribution in [-0.2, 0) is 4.79 Å². The Kier molecular flexibility index (Phi) is 2.64. The molecule has 0 fully saturated rings. The lowest BCUT2D eigenvalue weighted by atomic mass is 10.1. The Morgan fingerprint density at radius 2 is 2.08 bits per heavy atom. The van der Waals surface area contributed by atoms with Crippen LogP contribution in [-0.4, -0.2) is 11.1 Å². The van der Waals surface area contributed by atoms with E-state index in [-0.39, 0.29) is 0 Å². The van der Waals surface area contributed by atoms with E-state index >= 15 is 0 Å². The van der Waals surface area contributed by atoms with Gasteiger partial charge in [0.15, 0.2) is 0 Å². The zero-order valence-corrected chi connectivity index (χ0v) is 6.82. The summed E-state index contributed by atoms with van der Waals surface area (Å²) in [4.78, 5) is 10.2. The van der Waals surface area contributed by atoms with Crippen LogP contribution in [0, 0.1) is 6.92 Å². The molecule has 0 spiro atoms. The van der Waals surface area contributed by atoms with Gasteiger partial charge in [-0.3, -0.25) is 0 Å². The van der Waals surface area contributed by atoms with Crippen molar-refractivity contribution in [1.29, 1.82) is 0 Å². The van der Waals surface area contributed by atoms with Gasteiger partial charge < -0.3 is 5.11 Å². The number of aliphatic carboxylic acids is 1. The average Bonchev–Trinajstić information content (AvgIpc) is 2.03. The molecule has 62 valence electrons. The predicted octanol–water partition coefficient (Wildman–Crippen LogP) is 2.09. The second kappa shape index (κ2) is 3.72. The standard InChI is InChI=1S/C10H10O2/c1-8-4-2-3-5-9(8)6-7-10(11)12/h2-7H,1H3,(H,11,12). The molecule has 0 aromatic heterocycles. The van der Waals surface area contributed by atoms with Crippen LogP contribution in [0.1, 0.15) is 11.1 Å². The van der Waals surface area contributed by atoms with Gasteiger partial charge in [0.25, 0.3) is 0 Å². The molecule has 2 nitrogen and oxygen atoms in total. The molecule has 0 atom stereocenters. The number of carboxylic acids is 1. The minimum absolute atomic E-state index is 0.918. The Morgan fingerprint density at radius 1 is 1.42 bits per heavy atom. The number of rotatable bonds is 2. The highest BCUT2D eigenvalue weighted by Gasteiger charge is 1.91. The molecule has 1 aromatic carbocycles. The monoisotopic (exact) mass is 162 g/mol. The fourth-order valence-electron chi connectivity index (χ4n) is 0.935. The maximum absolute atomic E-state index is 10.2. The van der Waals surface area contributed by atoms with Crippen molar-refractivity contribution in [2.45, 2.75) is 6.92 Å². The van der Waals surface area contributed by atoms with Gasteiger partial charge in [0.1, 0.15) is 0 Å². The second-order valence-electron chi connectivity index (χ2n) is 2.53. The van der Waals surface area contributed by atoms with Crippen molar-refractivity contribution in [3.05, 3.63) is 41.5 Å². The van der Waals surface area contributed by atoms with E-state index in [0.29, 0.717) is 0 Å². The van der Waals surface area contributed by atoms with Crippen molar-refractivity contribution in [1.82, 2.24) is 0 Å². The smallest absolute Gasteiger partial charge is 0.328 e. The summed E-state index contributed by atoms with van der Waals surface area (Å²) in [7, 11) is 0. The highest BCUT2D eigenvalue weighted by Crippen LogP contribution is 2.08. The molecule has 1 aromatic rings. The summed E-state index contributed by atoms with van der Waals surface area (Å²) < 4.78 is 0. The molecular formula is C10H10O2. The fourth-order valence-corrected chi connectivity index (χ4v) is 0.935. The van der Waals surface area contributed by atoms with Gasteiger partial charge in [-0.25, -0.2) is 4.79 Å². The third-order valence-corrected chi connectivity index (χ3v) is 1.59. The van der Waals surface area contributed by atoms with Gasteiger partial charge in [0.05, 0.1) is 0 Å². The first-order valence-electron chi connectivity index (χ1n) is 3.67. The van der Waals surface area contributed by atoms with E-state index in [1.54, 1.807) is 6.08 Å². The Hall–Kier alpha value is -1.57. The summed E-state index contributed by atoms with van der Waals surface area (Å²) >= 11 is 0. The molecule has 0 aliphatic rings. The van der Waals surface area contributed by atoms with Crippen molar-refractivity contribution < 1.29 is 9.90 Å². The quantitative estimate of drug-likeness (QED) is 0.676. The summed E-state index contributed by atoms with van der Waals surface area (Å²) in [6.45, 7) is 1.95. The summed E-state index contributed by atoms with van der Waals surface area (Å²) in [5.74, 6) is -0.918. The molecule has 0 amide bonds. The van der Waals surface area contributed by atoms with Gasteiger partial charge in [0.2, 0.25) is 0 Å². The third kappa shape index (κ3) is 2.23. The zero-order chi connectivity index (χ0) is 8.97. The Labute approximate surface area is 71.2 Å². The van der Waals surface area contributed by atoms with Crippen molar-refractivity contribution in [2.24, 2.45) is 0 Å². The van der Waals surface area contributed by atoms with E-state index in [4.69, 9.17) is 5.11 Å². The molecular weight excluding hydrogens is 152 g/mol. The summed E-state index contributed by atoms with van der Waals surface area (Å²) in [6.07, 6.45) is 2.74. The molecule has 0 aliphatic carbocycles. The van der Waals surface area contributed by atoms with E-state index in [1.165, 1.54) is 0 Å². The fraction of sp³-hybridized carbons (Fsp3) is 0.100. The first-order chi connectivity index (χ1) is 5.70. The van der Waals surface area contributed by atoms with Crippen LogP contribution >= 0.6 is 0 Å². The summed E-state index contributed by atoms with van der Waals surface area (Å²) in [5, 5.41) is 8.38. The van der Waals surface area contributed by atoms with E-state index in [9.17, 15) is 4.79 Å². The number of hydrogen-bond acceptors (Lipinski definition) is 1. The van der Waals surface area contributed by atoms with Crippen molar-refractivity contribution in [2.75, 3.05) is 0 Å². The first kappa shape index (κ1) is 8.53. The van der Waals surface area contributed by atoms with Crippen molar-refractivity contribution >= 4 is 12.0 Å². The van der Waals surface area contributed by atoms with Crippen LogP contribution in [0.4, 0.5) is 0 Å². The highest BCUT2D eigenvalue weighted by molar-refractivity contribution is 5.85. The molecule has 0 saturated carbocycles. The lowest BCUT2D eigenvalue weighted by Gasteiger charge is -1.96. The van der Waals surface area contributed by atoms with Gasteiger partial charge in [-0.2, -0.15) is 0 Å². The first-order valence-corrected chi connectivity index (χ1v) is 3.67. The van der Waals surface area contributed by atoms with Crippen molar-refractivity contribution in [3.63, 3.8) is 0 Å². The van der Waals surface area contributed by atoms with Crippen LogP contribution in [0.3, 0.4) is 0 Å². The van der Waals surface area contributed by atoms with Gasteiger partial charge in [-0.15, -0.1) is 0 Å². The topological polar surface area (TPSA) is 37.3 Å². The van der Waals surface area contributed by atoms with Gasteiger partial charge in [0, 0.05) is 6.08 Å². The lowest BCUT2D eigenvalue weighted by Crippen LogP contribution is -1.86.